The van der Waals surface area contributed by atoms with Crippen LogP contribution in [0.3, 0.4) is 0 Å². The highest BCUT2D eigenvalue weighted by Crippen LogP contribution is 2.23. The Balaban J connectivity index is 2.09. The average Bonchev–Trinajstić information content (AvgIpc) is 3.02. The van der Waals surface area contributed by atoms with Crippen molar-refractivity contribution in [3.05, 3.63) is 28.5 Å². The highest BCUT2D eigenvalue weighted by molar-refractivity contribution is 7.09. The SMILES string of the molecule is CCCc1c(NCC)ncnc1NCC(C)c1nccs1. The van der Waals surface area contributed by atoms with Crippen molar-refractivity contribution in [3.63, 3.8) is 0 Å². The molecule has 0 saturated carbocycles. The molecule has 1 unspecified atom stereocenters. The van der Waals surface area contributed by atoms with Crippen molar-refractivity contribution >= 4 is 23.0 Å². The molecule has 1 atom stereocenters. The second kappa shape index (κ2) is 7.93. The first-order valence-corrected chi connectivity index (χ1v) is 8.35. The van der Waals surface area contributed by atoms with Crippen LogP contribution in [0.4, 0.5) is 11.6 Å². The second-order valence-electron chi connectivity index (χ2n) is 4.98. The lowest BCUT2D eigenvalue weighted by atomic mass is 10.1. The van der Waals surface area contributed by atoms with E-state index in [1.807, 2.05) is 11.6 Å². The van der Waals surface area contributed by atoms with E-state index in [2.05, 4.69) is 46.4 Å². The molecule has 0 saturated heterocycles. The lowest BCUT2D eigenvalue weighted by Crippen LogP contribution is -2.14. The molecule has 2 rings (SSSR count). The first-order chi connectivity index (χ1) is 10.3. The molecular formula is C15H23N5S. The molecule has 2 aromatic rings. The fraction of sp³-hybridized carbons (Fsp3) is 0.533. The topological polar surface area (TPSA) is 62.7 Å². The molecule has 0 amide bonds. The Hall–Kier alpha value is -1.69. The van der Waals surface area contributed by atoms with Crippen LogP contribution in [0.5, 0.6) is 0 Å². The summed E-state index contributed by atoms with van der Waals surface area (Å²) >= 11 is 1.70. The minimum atomic E-state index is 0.372. The minimum absolute atomic E-state index is 0.372. The molecule has 6 heteroatoms. The number of nitrogens with zero attached hydrogens (tertiary/aromatic N) is 3. The zero-order valence-corrected chi connectivity index (χ0v) is 13.7. The van der Waals surface area contributed by atoms with E-state index in [1.165, 1.54) is 5.56 Å². The summed E-state index contributed by atoms with van der Waals surface area (Å²) in [5.74, 6) is 2.25. The van der Waals surface area contributed by atoms with Gasteiger partial charge in [-0.1, -0.05) is 20.3 Å². The molecule has 5 nitrogen and oxygen atoms in total. The Morgan fingerprint density at radius 1 is 1.14 bits per heavy atom. The Labute approximate surface area is 130 Å². The number of anilines is 2. The van der Waals surface area contributed by atoms with E-state index in [4.69, 9.17) is 0 Å². The highest BCUT2D eigenvalue weighted by atomic mass is 32.1. The van der Waals surface area contributed by atoms with Crippen LogP contribution in [0.25, 0.3) is 0 Å². The fourth-order valence-corrected chi connectivity index (χ4v) is 2.88. The van der Waals surface area contributed by atoms with Gasteiger partial charge in [0.05, 0.1) is 5.01 Å². The van der Waals surface area contributed by atoms with Gasteiger partial charge < -0.3 is 10.6 Å². The molecule has 0 radical (unpaired) electrons. The summed E-state index contributed by atoms with van der Waals surface area (Å²) in [5.41, 5.74) is 1.17. The van der Waals surface area contributed by atoms with Crippen LogP contribution in [0, 0.1) is 0 Å². The molecule has 0 aliphatic carbocycles. The van der Waals surface area contributed by atoms with Gasteiger partial charge in [-0.3, -0.25) is 0 Å². The zero-order chi connectivity index (χ0) is 15.1. The van der Waals surface area contributed by atoms with E-state index in [1.54, 1.807) is 17.7 Å². The predicted molar refractivity (Wildman–Crippen MR) is 89.2 cm³/mol. The summed E-state index contributed by atoms with van der Waals surface area (Å²) in [6, 6.07) is 0. The van der Waals surface area contributed by atoms with Gasteiger partial charge in [-0.15, -0.1) is 11.3 Å². The third kappa shape index (κ3) is 4.14. The van der Waals surface area contributed by atoms with Crippen LogP contribution in [-0.4, -0.2) is 28.0 Å². The maximum Gasteiger partial charge on any atom is 0.134 e. The van der Waals surface area contributed by atoms with E-state index < -0.39 is 0 Å². The maximum atomic E-state index is 4.41. The third-order valence-corrected chi connectivity index (χ3v) is 4.25. The van der Waals surface area contributed by atoms with Gasteiger partial charge in [-0.05, 0) is 13.3 Å². The minimum Gasteiger partial charge on any atom is -0.370 e. The first kappa shape index (κ1) is 15.7. The van der Waals surface area contributed by atoms with Crippen molar-refractivity contribution in [1.82, 2.24) is 15.0 Å². The Morgan fingerprint density at radius 3 is 2.52 bits per heavy atom. The normalized spacial score (nSPS) is 12.1. The first-order valence-electron chi connectivity index (χ1n) is 7.47. The van der Waals surface area contributed by atoms with Crippen LogP contribution < -0.4 is 10.6 Å². The van der Waals surface area contributed by atoms with Crippen LogP contribution in [0.15, 0.2) is 17.9 Å². The molecule has 2 aromatic heterocycles. The molecular weight excluding hydrogens is 282 g/mol. The van der Waals surface area contributed by atoms with Crippen molar-refractivity contribution < 1.29 is 0 Å². The summed E-state index contributed by atoms with van der Waals surface area (Å²) in [6.45, 7) is 8.12. The Morgan fingerprint density at radius 2 is 1.90 bits per heavy atom. The van der Waals surface area contributed by atoms with Crippen LogP contribution in [-0.2, 0) is 6.42 Å². The van der Waals surface area contributed by atoms with E-state index in [9.17, 15) is 0 Å². The van der Waals surface area contributed by atoms with Gasteiger partial charge in [0, 0.05) is 36.1 Å². The number of hydrogen-bond donors (Lipinski definition) is 2. The summed E-state index contributed by atoms with van der Waals surface area (Å²) in [6.07, 6.45) is 5.51. The lowest BCUT2D eigenvalue weighted by Gasteiger charge is -2.16. The van der Waals surface area contributed by atoms with Crippen LogP contribution in [0.2, 0.25) is 0 Å². The number of nitrogens with one attached hydrogen (secondary N) is 2. The smallest absolute Gasteiger partial charge is 0.134 e. The zero-order valence-electron chi connectivity index (χ0n) is 12.9. The lowest BCUT2D eigenvalue weighted by molar-refractivity contribution is 0.787. The molecule has 2 heterocycles. The van der Waals surface area contributed by atoms with E-state index in [0.29, 0.717) is 5.92 Å². The fourth-order valence-electron chi connectivity index (χ4n) is 2.19. The van der Waals surface area contributed by atoms with E-state index in [-0.39, 0.29) is 0 Å². The largest absolute Gasteiger partial charge is 0.370 e. The summed E-state index contributed by atoms with van der Waals surface area (Å²) in [4.78, 5) is 13.1. The van der Waals surface area contributed by atoms with Gasteiger partial charge in [0.15, 0.2) is 0 Å². The van der Waals surface area contributed by atoms with Crippen molar-refractivity contribution in [1.29, 1.82) is 0 Å². The number of aromatic nitrogens is 3. The quantitative estimate of drug-likeness (QED) is 0.781. The van der Waals surface area contributed by atoms with Crippen molar-refractivity contribution in [3.8, 4) is 0 Å². The van der Waals surface area contributed by atoms with Crippen molar-refractivity contribution in [2.45, 2.75) is 39.5 Å². The van der Waals surface area contributed by atoms with Gasteiger partial charge in [0.1, 0.15) is 18.0 Å². The van der Waals surface area contributed by atoms with Crippen molar-refractivity contribution in [2.75, 3.05) is 23.7 Å². The number of thiazole rings is 1. The number of rotatable bonds is 8. The average molecular weight is 305 g/mol. The van der Waals surface area contributed by atoms with Gasteiger partial charge in [0.25, 0.3) is 0 Å². The molecule has 114 valence electrons. The van der Waals surface area contributed by atoms with Crippen LogP contribution in [0.1, 0.15) is 43.7 Å². The monoisotopic (exact) mass is 305 g/mol. The molecule has 0 spiro atoms. The van der Waals surface area contributed by atoms with Gasteiger partial charge in [-0.2, -0.15) is 0 Å². The predicted octanol–water partition coefficient (Wildman–Crippen LogP) is 3.53. The molecule has 0 bridgehead atoms. The Bertz CT molecular complexity index is 541. The van der Waals surface area contributed by atoms with Gasteiger partial charge >= 0.3 is 0 Å². The number of hydrogen-bond acceptors (Lipinski definition) is 6. The maximum absolute atomic E-state index is 4.41. The van der Waals surface area contributed by atoms with Gasteiger partial charge in [0.2, 0.25) is 0 Å². The molecule has 0 aliphatic rings. The summed E-state index contributed by atoms with van der Waals surface area (Å²) in [5, 5.41) is 9.95. The third-order valence-electron chi connectivity index (χ3n) is 3.24. The van der Waals surface area contributed by atoms with Crippen molar-refractivity contribution in [2.24, 2.45) is 0 Å². The summed E-state index contributed by atoms with van der Waals surface area (Å²) < 4.78 is 0. The second-order valence-corrected chi connectivity index (χ2v) is 5.91. The molecule has 0 fully saturated rings. The van der Waals surface area contributed by atoms with Crippen LogP contribution >= 0.6 is 11.3 Å². The van der Waals surface area contributed by atoms with E-state index in [0.717, 1.165) is 42.6 Å². The van der Waals surface area contributed by atoms with Gasteiger partial charge in [-0.25, -0.2) is 15.0 Å². The molecule has 0 aliphatic heterocycles. The molecule has 2 N–H and O–H groups in total. The van der Waals surface area contributed by atoms with E-state index >= 15 is 0 Å². The standard InChI is InChI=1S/C15H23N5S/c1-4-6-12-13(16-5-2)19-10-20-14(12)18-9-11(3)15-17-7-8-21-15/h7-8,10-11H,4-6,9H2,1-3H3,(H2,16,18,19,20). The Kier molecular flexibility index (Phi) is 5.92. The summed E-state index contributed by atoms with van der Waals surface area (Å²) in [7, 11) is 0. The molecule has 0 aromatic carbocycles. The molecule has 21 heavy (non-hydrogen) atoms. The highest BCUT2D eigenvalue weighted by Gasteiger charge is 2.13.